The molecule has 0 spiro atoms. The number of rotatable bonds is 3. The molecule has 1 amide bonds. The molecule has 2 fully saturated rings. The van der Waals surface area contributed by atoms with Crippen LogP contribution in [0.2, 0.25) is 0 Å². The molecule has 2 aromatic rings. The Morgan fingerprint density at radius 2 is 1.96 bits per heavy atom. The summed E-state index contributed by atoms with van der Waals surface area (Å²) in [7, 11) is 0. The smallest absolute Gasteiger partial charge is 0.296 e. The van der Waals surface area contributed by atoms with E-state index < -0.39 is 0 Å². The Bertz CT molecular complexity index is 761. The molecule has 1 atom stereocenters. The molecule has 1 saturated carbocycles. The molecule has 120 valence electrons. The van der Waals surface area contributed by atoms with E-state index in [2.05, 4.69) is 15.3 Å². The number of hydrogen-bond acceptors (Lipinski definition) is 6. The van der Waals surface area contributed by atoms with Crippen molar-refractivity contribution in [1.82, 2.24) is 20.2 Å². The molecule has 7 nitrogen and oxygen atoms in total. The summed E-state index contributed by atoms with van der Waals surface area (Å²) in [5.41, 5.74) is 2.12. The number of hydrogen-bond donors (Lipinski definition) is 0. The van der Waals surface area contributed by atoms with Crippen LogP contribution in [0.25, 0.3) is 11.7 Å². The maximum absolute atomic E-state index is 12.1. The van der Waals surface area contributed by atoms with Crippen molar-refractivity contribution in [2.24, 2.45) is 0 Å². The topological polar surface area (TPSA) is 85.3 Å². The van der Waals surface area contributed by atoms with Crippen LogP contribution in [0.15, 0.2) is 9.05 Å². The lowest BCUT2D eigenvalue weighted by molar-refractivity contribution is -0.128. The number of aromatic nitrogens is 3. The highest BCUT2D eigenvalue weighted by Gasteiger charge is 2.41. The zero-order valence-corrected chi connectivity index (χ0v) is 12.8. The van der Waals surface area contributed by atoms with Crippen LogP contribution in [0.1, 0.15) is 55.1 Å². The minimum absolute atomic E-state index is 0.0272. The minimum atomic E-state index is 0.0272. The van der Waals surface area contributed by atoms with Gasteiger partial charge in [0.25, 0.3) is 5.89 Å². The van der Waals surface area contributed by atoms with Crippen LogP contribution in [0.3, 0.4) is 0 Å². The van der Waals surface area contributed by atoms with Gasteiger partial charge < -0.3 is 13.9 Å². The number of carbonyl (C=O) groups is 1. The van der Waals surface area contributed by atoms with Gasteiger partial charge in [-0.15, -0.1) is 0 Å². The number of fused-ring (bicyclic) bond motifs is 1. The van der Waals surface area contributed by atoms with Gasteiger partial charge in [0.05, 0.1) is 5.69 Å². The summed E-state index contributed by atoms with van der Waals surface area (Å²) in [6.45, 7) is 0.705. The Hall–Kier alpha value is -2.18. The lowest BCUT2D eigenvalue weighted by Gasteiger charge is -2.13. The Morgan fingerprint density at radius 3 is 2.83 bits per heavy atom. The Morgan fingerprint density at radius 1 is 1.09 bits per heavy atom. The first-order valence-corrected chi connectivity index (χ1v) is 8.40. The van der Waals surface area contributed by atoms with Crippen LogP contribution < -0.4 is 0 Å². The summed E-state index contributed by atoms with van der Waals surface area (Å²) in [6.07, 6.45) is 6.91. The zero-order chi connectivity index (χ0) is 15.4. The maximum atomic E-state index is 12.1. The van der Waals surface area contributed by atoms with Crippen molar-refractivity contribution in [2.75, 3.05) is 6.54 Å². The molecule has 23 heavy (non-hydrogen) atoms. The molecule has 3 aliphatic rings. The number of likely N-dealkylation sites (tertiary alicyclic amines) is 1. The molecule has 1 aliphatic heterocycles. The van der Waals surface area contributed by atoms with Gasteiger partial charge in [0.15, 0.2) is 5.82 Å². The molecular formula is C16H18N4O3. The third-order valence-corrected chi connectivity index (χ3v) is 5.11. The Kier molecular flexibility index (Phi) is 2.83. The van der Waals surface area contributed by atoms with E-state index in [4.69, 9.17) is 9.05 Å². The number of nitrogens with zero attached hydrogens (tertiary/aromatic N) is 4. The van der Waals surface area contributed by atoms with Crippen LogP contribution in [0, 0.1) is 0 Å². The third-order valence-electron chi connectivity index (χ3n) is 5.11. The van der Waals surface area contributed by atoms with Gasteiger partial charge in [0.1, 0.15) is 0 Å². The van der Waals surface area contributed by atoms with Crippen LogP contribution in [-0.2, 0) is 17.6 Å². The molecule has 0 radical (unpaired) electrons. The van der Waals surface area contributed by atoms with E-state index in [9.17, 15) is 4.79 Å². The van der Waals surface area contributed by atoms with Gasteiger partial charge in [0.2, 0.25) is 11.7 Å². The third kappa shape index (κ3) is 2.17. The first-order chi connectivity index (χ1) is 11.3. The summed E-state index contributed by atoms with van der Waals surface area (Å²) in [4.78, 5) is 18.5. The fourth-order valence-electron chi connectivity index (χ4n) is 3.70. The highest BCUT2D eigenvalue weighted by molar-refractivity contribution is 5.80. The molecule has 3 heterocycles. The van der Waals surface area contributed by atoms with E-state index in [-0.39, 0.29) is 11.8 Å². The second kappa shape index (κ2) is 4.91. The molecule has 1 saturated heterocycles. The van der Waals surface area contributed by atoms with E-state index in [0.717, 1.165) is 49.8 Å². The molecule has 5 rings (SSSR count). The number of amides is 1. The van der Waals surface area contributed by atoms with E-state index in [1.165, 1.54) is 0 Å². The van der Waals surface area contributed by atoms with E-state index in [0.29, 0.717) is 36.5 Å². The van der Waals surface area contributed by atoms with Crippen LogP contribution in [0.5, 0.6) is 0 Å². The van der Waals surface area contributed by atoms with Crippen molar-refractivity contribution in [2.45, 2.75) is 56.9 Å². The van der Waals surface area contributed by atoms with Crippen molar-refractivity contribution < 1.29 is 13.8 Å². The molecular weight excluding hydrogens is 296 g/mol. The van der Waals surface area contributed by atoms with Crippen molar-refractivity contribution in [3.8, 4) is 11.7 Å². The average molecular weight is 314 g/mol. The predicted octanol–water partition coefficient (Wildman–Crippen LogP) is 2.08. The van der Waals surface area contributed by atoms with Crippen molar-refractivity contribution in [1.29, 1.82) is 0 Å². The van der Waals surface area contributed by atoms with Crippen molar-refractivity contribution in [3.63, 3.8) is 0 Å². The molecule has 2 aromatic heterocycles. The standard InChI is InChI=1S/C16H18N4O3/c21-13-7-9(8-20(13)10-5-6-10)15-17-16(23-19-15)14-11-3-1-2-4-12(11)18-22-14/h9-10H,1-8H2. The molecule has 0 aromatic carbocycles. The van der Waals surface area contributed by atoms with Gasteiger partial charge in [0, 0.05) is 30.5 Å². The van der Waals surface area contributed by atoms with Gasteiger partial charge in [-0.05, 0) is 38.5 Å². The van der Waals surface area contributed by atoms with Gasteiger partial charge in [-0.2, -0.15) is 4.98 Å². The fourth-order valence-corrected chi connectivity index (χ4v) is 3.70. The van der Waals surface area contributed by atoms with Crippen LogP contribution in [0.4, 0.5) is 0 Å². The monoisotopic (exact) mass is 314 g/mol. The Labute approximate surface area is 133 Å². The summed E-state index contributed by atoms with van der Waals surface area (Å²) >= 11 is 0. The van der Waals surface area contributed by atoms with Crippen LogP contribution in [-0.4, -0.2) is 38.7 Å². The first kappa shape index (κ1) is 13.3. The van der Waals surface area contributed by atoms with Gasteiger partial charge >= 0.3 is 0 Å². The zero-order valence-electron chi connectivity index (χ0n) is 12.8. The molecule has 1 unspecified atom stereocenters. The highest BCUT2D eigenvalue weighted by Crippen LogP contribution is 2.37. The van der Waals surface area contributed by atoms with E-state index in [1.807, 2.05) is 4.90 Å². The second-order valence-corrected chi connectivity index (χ2v) is 6.78. The number of carbonyl (C=O) groups excluding carboxylic acids is 1. The largest absolute Gasteiger partial charge is 0.350 e. The second-order valence-electron chi connectivity index (χ2n) is 6.78. The predicted molar refractivity (Wildman–Crippen MR) is 78.5 cm³/mol. The van der Waals surface area contributed by atoms with Crippen molar-refractivity contribution >= 4 is 5.91 Å². The van der Waals surface area contributed by atoms with Gasteiger partial charge in [-0.3, -0.25) is 4.79 Å². The van der Waals surface area contributed by atoms with Crippen molar-refractivity contribution in [3.05, 3.63) is 17.1 Å². The Balaban J connectivity index is 1.40. The SMILES string of the molecule is O=C1CC(c2noc(-c3onc4c3CCCC4)n2)CN1C1CC1. The molecule has 2 aliphatic carbocycles. The molecule has 7 heteroatoms. The van der Waals surface area contributed by atoms with E-state index >= 15 is 0 Å². The normalized spacial score (nSPS) is 24.3. The van der Waals surface area contributed by atoms with Crippen LogP contribution >= 0.6 is 0 Å². The summed E-state index contributed by atoms with van der Waals surface area (Å²) in [5.74, 6) is 1.85. The summed E-state index contributed by atoms with van der Waals surface area (Å²) < 4.78 is 10.9. The van der Waals surface area contributed by atoms with Gasteiger partial charge in [-0.1, -0.05) is 10.3 Å². The minimum Gasteiger partial charge on any atom is -0.350 e. The number of aryl methyl sites for hydroxylation is 1. The first-order valence-electron chi connectivity index (χ1n) is 8.40. The molecule has 0 bridgehead atoms. The quantitative estimate of drug-likeness (QED) is 0.862. The lowest BCUT2D eigenvalue weighted by Crippen LogP contribution is -2.27. The van der Waals surface area contributed by atoms with E-state index in [1.54, 1.807) is 0 Å². The molecule has 0 N–H and O–H groups in total. The summed E-state index contributed by atoms with van der Waals surface area (Å²) in [6, 6.07) is 0.445. The summed E-state index contributed by atoms with van der Waals surface area (Å²) in [5, 5.41) is 8.23. The average Bonchev–Trinajstić information content (AvgIpc) is 2.99. The maximum Gasteiger partial charge on any atom is 0.296 e. The fraction of sp³-hybridized carbons (Fsp3) is 0.625. The van der Waals surface area contributed by atoms with Gasteiger partial charge in [-0.25, -0.2) is 0 Å². The lowest BCUT2D eigenvalue weighted by atomic mass is 9.96. The highest BCUT2D eigenvalue weighted by atomic mass is 16.5.